The summed E-state index contributed by atoms with van der Waals surface area (Å²) in [6, 6.07) is 7.25. The summed E-state index contributed by atoms with van der Waals surface area (Å²) >= 11 is 5.88. The minimum atomic E-state index is -0.742. The molecule has 122 valence electrons. The van der Waals surface area contributed by atoms with Crippen molar-refractivity contribution in [1.82, 2.24) is 4.90 Å². The number of carbonyl (C=O) groups is 1. The molecule has 0 unspecified atom stereocenters. The van der Waals surface area contributed by atoms with E-state index in [1.165, 1.54) is 18.4 Å². The second kappa shape index (κ2) is 6.72. The van der Waals surface area contributed by atoms with Crippen molar-refractivity contribution in [2.75, 3.05) is 6.54 Å². The molecule has 0 saturated carbocycles. The fourth-order valence-electron chi connectivity index (χ4n) is 3.03. The summed E-state index contributed by atoms with van der Waals surface area (Å²) in [6.45, 7) is 0.626. The van der Waals surface area contributed by atoms with Crippen LogP contribution in [0.1, 0.15) is 41.3 Å². The van der Waals surface area contributed by atoms with Gasteiger partial charge in [-0.15, -0.1) is 0 Å². The molecule has 1 amide bonds. The molecule has 0 aliphatic carbocycles. The SMILES string of the molecule is O=C(c1ccoc1Cl)N1CCC[C@@H]1C[C@H](O)c1ccc(F)cc1. The molecule has 1 aromatic heterocycles. The maximum absolute atomic E-state index is 13.0. The third-order valence-corrected chi connectivity index (χ3v) is 4.53. The Kier molecular flexibility index (Phi) is 4.68. The molecule has 4 nitrogen and oxygen atoms in total. The van der Waals surface area contributed by atoms with Gasteiger partial charge in [0.05, 0.1) is 17.9 Å². The van der Waals surface area contributed by atoms with Crippen molar-refractivity contribution in [2.45, 2.75) is 31.4 Å². The highest BCUT2D eigenvalue weighted by molar-refractivity contribution is 6.32. The van der Waals surface area contributed by atoms with Gasteiger partial charge in [0.15, 0.2) is 0 Å². The van der Waals surface area contributed by atoms with Crippen LogP contribution in [0.4, 0.5) is 4.39 Å². The molecule has 0 radical (unpaired) electrons. The fourth-order valence-corrected chi connectivity index (χ4v) is 3.22. The van der Waals surface area contributed by atoms with Crippen molar-refractivity contribution < 1.29 is 18.7 Å². The molecule has 2 atom stereocenters. The van der Waals surface area contributed by atoms with E-state index in [4.69, 9.17) is 16.0 Å². The Morgan fingerprint density at radius 1 is 1.39 bits per heavy atom. The van der Waals surface area contributed by atoms with E-state index in [-0.39, 0.29) is 23.0 Å². The number of amides is 1. The zero-order valence-corrected chi connectivity index (χ0v) is 13.2. The molecule has 2 aromatic rings. The number of halogens is 2. The number of benzene rings is 1. The van der Waals surface area contributed by atoms with E-state index in [0.717, 1.165) is 12.8 Å². The summed E-state index contributed by atoms with van der Waals surface area (Å²) in [4.78, 5) is 14.3. The van der Waals surface area contributed by atoms with Crippen LogP contribution in [0.5, 0.6) is 0 Å². The Morgan fingerprint density at radius 3 is 2.78 bits per heavy atom. The lowest BCUT2D eigenvalue weighted by atomic mass is 10.00. The van der Waals surface area contributed by atoms with Gasteiger partial charge in [-0.2, -0.15) is 0 Å². The van der Waals surface area contributed by atoms with Crippen LogP contribution in [0.3, 0.4) is 0 Å². The summed E-state index contributed by atoms with van der Waals surface area (Å²) in [6.07, 6.45) is 2.75. The number of furan rings is 1. The van der Waals surface area contributed by atoms with Gasteiger partial charge in [0, 0.05) is 12.6 Å². The first kappa shape index (κ1) is 16.0. The van der Waals surface area contributed by atoms with Crippen LogP contribution >= 0.6 is 11.6 Å². The first-order valence-corrected chi connectivity index (χ1v) is 7.91. The van der Waals surface area contributed by atoms with Crippen molar-refractivity contribution in [1.29, 1.82) is 0 Å². The molecule has 3 rings (SSSR count). The van der Waals surface area contributed by atoms with Gasteiger partial charge >= 0.3 is 0 Å². The monoisotopic (exact) mass is 337 g/mol. The van der Waals surface area contributed by atoms with E-state index >= 15 is 0 Å². The number of nitrogens with zero attached hydrogens (tertiary/aromatic N) is 1. The molecule has 0 spiro atoms. The molecule has 23 heavy (non-hydrogen) atoms. The molecule has 2 heterocycles. The van der Waals surface area contributed by atoms with Crippen LogP contribution in [0.2, 0.25) is 5.22 Å². The number of aliphatic hydroxyl groups excluding tert-OH is 1. The number of carbonyl (C=O) groups excluding carboxylic acids is 1. The Balaban J connectivity index is 1.70. The van der Waals surface area contributed by atoms with Crippen molar-refractivity contribution in [3.63, 3.8) is 0 Å². The highest BCUT2D eigenvalue weighted by atomic mass is 35.5. The van der Waals surface area contributed by atoms with Crippen molar-refractivity contribution in [3.8, 4) is 0 Å². The predicted octanol–water partition coefficient (Wildman–Crippen LogP) is 3.80. The molecule has 1 aliphatic rings. The minimum Gasteiger partial charge on any atom is -0.452 e. The van der Waals surface area contributed by atoms with Crippen LogP contribution in [-0.2, 0) is 0 Å². The molecular formula is C17H17ClFNO3. The van der Waals surface area contributed by atoms with E-state index < -0.39 is 6.10 Å². The van der Waals surface area contributed by atoms with Gasteiger partial charge in [0.2, 0.25) is 5.22 Å². The van der Waals surface area contributed by atoms with Crippen LogP contribution in [0.15, 0.2) is 41.0 Å². The first-order chi connectivity index (χ1) is 11.1. The zero-order chi connectivity index (χ0) is 16.4. The summed E-state index contributed by atoms with van der Waals surface area (Å²) in [7, 11) is 0. The first-order valence-electron chi connectivity index (χ1n) is 7.53. The van der Waals surface area contributed by atoms with Gasteiger partial charge in [-0.1, -0.05) is 12.1 Å². The third-order valence-electron chi connectivity index (χ3n) is 4.24. The van der Waals surface area contributed by atoms with Gasteiger partial charge < -0.3 is 14.4 Å². The molecule has 1 N–H and O–H groups in total. The number of likely N-dealkylation sites (tertiary alicyclic amines) is 1. The summed E-state index contributed by atoms with van der Waals surface area (Å²) in [5.41, 5.74) is 0.988. The van der Waals surface area contributed by atoms with E-state index in [9.17, 15) is 14.3 Å². The third kappa shape index (κ3) is 3.41. The summed E-state index contributed by atoms with van der Waals surface area (Å²) in [5.74, 6) is -0.522. The summed E-state index contributed by atoms with van der Waals surface area (Å²) < 4.78 is 17.9. The smallest absolute Gasteiger partial charge is 0.258 e. The molecule has 1 fully saturated rings. The molecule has 1 aromatic carbocycles. The normalized spacial score (nSPS) is 19.1. The van der Waals surface area contributed by atoms with Gasteiger partial charge in [0.1, 0.15) is 5.82 Å². The number of hydrogen-bond acceptors (Lipinski definition) is 3. The maximum Gasteiger partial charge on any atom is 0.258 e. The molecular weight excluding hydrogens is 321 g/mol. The van der Waals surface area contributed by atoms with Gasteiger partial charge in [-0.3, -0.25) is 4.79 Å². The van der Waals surface area contributed by atoms with Crippen LogP contribution in [0, 0.1) is 5.82 Å². The number of rotatable bonds is 4. The van der Waals surface area contributed by atoms with Gasteiger partial charge in [0.25, 0.3) is 5.91 Å². The second-order valence-corrected chi connectivity index (χ2v) is 6.05. The quantitative estimate of drug-likeness (QED) is 0.923. The van der Waals surface area contributed by atoms with Gasteiger partial charge in [-0.25, -0.2) is 4.39 Å². The number of aliphatic hydroxyl groups is 1. The maximum atomic E-state index is 13.0. The molecule has 1 aliphatic heterocycles. The van der Waals surface area contributed by atoms with Crippen molar-refractivity contribution in [3.05, 3.63) is 58.8 Å². The van der Waals surface area contributed by atoms with E-state index in [2.05, 4.69) is 0 Å². The Labute approximate surface area is 138 Å². The predicted molar refractivity (Wildman–Crippen MR) is 83.8 cm³/mol. The van der Waals surface area contributed by atoms with Crippen LogP contribution < -0.4 is 0 Å². The lowest BCUT2D eigenvalue weighted by Crippen LogP contribution is -2.36. The average molecular weight is 338 g/mol. The Morgan fingerprint density at radius 2 is 2.13 bits per heavy atom. The minimum absolute atomic E-state index is 0.0754. The number of hydrogen-bond donors (Lipinski definition) is 1. The van der Waals surface area contributed by atoms with E-state index in [1.54, 1.807) is 23.1 Å². The fraction of sp³-hybridized carbons (Fsp3) is 0.353. The van der Waals surface area contributed by atoms with E-state index in [0.29, 0.717) is 24.1 Å². The molecule has 0 bridgehead atoms. The summed E-state index contributed by atoms with van der Waals surface area (Å²) in [5, 5.41) is 10.4. The van der Waals surface area contributed by atoms with Crippen molar-refractivity contribution >= 4 is 17.5 Å². The van der Waals surface area contributed by atoms with Crippen LogP contribution in [0.25, 0.3) is 0 Å². The zero-order valence-electron chi connectivity index (χ0n) is 12.4. The average Bonchev–Trinajstić information content (AvgIpc) is 3.16. The van der Waals surface area contributed by atoms with Gasteiger partial charge in [-0.05, 0) is 54.6 Å². The lowest BCUT2D eigenvalue weighted by molar-refractivity contribution is 0.0666. The van der Waals surface area contributed by atoms with E-state index in [1.807, 2.05) is 0 Å². The highest BCUT2D eigenvalue weighted by Crippen LogP contribution is 2.30. The lowest BCUT2D eigenvalue weighted by Gasteiger charge is -2.26. The topological polar surface area (TPSA) is 53.7 Å². The standard InChI is InChI=1S/C17H17ClFNO3/c18-16-14(7-9-23-16)17(22)20-8-1-2-13(20)10-15(21)11-3-5-12(19)6-4-11/h3-7,9,13,15,21H,1-2,8,10H2/t13-,15+/m1/s1. The van der Waals surface area contributed by atoms with Crippen molar-refractivity contribution in [2.24, 2.45) is 0 Å². The molecule has 1 saturated heterocycles. The Hall–Kier alpha value is -1.85. The second-order valence-electron chi connectivity index (χ2n) is 5.71. The largest absolute Gasteiger partial charge is 0.452 e. The molecule has 6 heteroatoms. The highest BCUT2D eigenvalue weighted by Gasteiger charge is 2.32. The Bertz CT molecular complexity index is 685. The van der Waals surface area contributed by atoms with Crippen LogP contribution in [-0.4, -0.2) is 28.5 Å².